The van der Waals surface area contributed by atoms with Crippen molar-refractivity contribution in [2.24, 2.45) is 0 Å². The molecule has 0 amide bonds. The molecule has 0 aromatic heterocycles. The number of benzene rings is 1. The van der Waals surface area contributed by atoms with Crippen molar-refractivity contribution in [1.82, 2.24) is 0 Å². The third kappa shape index (κ3) is 1.81. The lowest BCUT2D eigenvalue weighted by molar-refractivity contribution is 0.00578. The summed E-state index contributed by atoms with van der Waals surface area (Å²) in [6.45, 7) is 7.58. The van der Waals surface area contributed by atoms with Gasteiger partial charge in [-0.05, 0) is 39.8 Å². The van der Waals surface area contributed by atoms with Crippen LogP contribution >= 0.6 is 0 Å². The van der Waals surface area contributed by atoms with Gasteiger partial charge >= 0.3 is 7.12 Å². The maximum absolute atomic E-state index is 9.93. The van der Waals surface area contributed by atoms with Gasteiger partial charge in [0.2, 0.25) is 0 Å². The van der Waals surface area contributed by atoms with E-state index in [1.807, 2.05) is 27.7 Å². The van der Waals surface area contributed by atoms with Crippen molar-refractivity contribution >= 4 is 18.3 Å². The third-order valence-electron chi connectivity index (χ3n) is 3.71. The average Bonchev–Trinajstić information content (AvgIpc) is 2.43. The fraction of sp³-hybridized carbons (Fsp3) is 0.500. The van der Waals surface area contributed by atoms with E-state index in [-0.39, 0.29) is 22.6 Å². The second-order valence-corrected chi connectivity index (χ2v) is 5.52. The number of rotatable bonds is 1. The monoisotopic (exact) mass is 251 g/mol. The van der Waals surface area contributed by atoms with E-state index >= 15 is 0 Å². The molecule has 6 heteroatoms. The van der Waals surface area contributed by atoms with Crippen molar-refractivity contribution in [2.75, 3.05) is 5.73 Å². The van der Waals surface area contributed by atoms with Crippen LogP contribution in [0.2, 0.25) is 0 Å². The standard InChI is InChI=1S/C12H18BNO4/c1-11(2)12(3,4)18-13(17-11)9-8(15)6-5-7(14)10(9)16/h5-6,15-16H,14H2,1-4H3. The van der Waals surface area contributed by atoms with Crippen LogP contribution in [0.5, 0.6) is 11.5 Å². The Bertz CT molecular complexity index is 471. The predicted octanol–water partition coefficient (Wildman–Crippen LogP) is 0.979. The first-order valence-corrected chi connectivity index (χ1v) is 5.81. The zero-order valence-corrected chi connectivity index (χ0v) is 11.0. The average molecular weight is 251 g/mol. The Kier molecular flexibility index (Phi) is 2.75. The third-order valence-corrected chi connectivity index (χ3v) is 3.71. The molecule has 1 heterocycles. The predicted molar refractivity (Wildman–Crippen MR) is 69.9 cm³/mol. The Morgan fingerprint density at radius 1 is 1.06 bits per heavy atom. The summed E-state index contributed by atoms with van der Waals surface area (Å²) < 4.78 is 11.5. The van der Waals surface area contributed by atoms with E-state index in [0.29, 0.717) is 0 Å². The number of hydrogen-bond acceptors (Lipinski definition) is 5. The van der Waals surface area contributed by atoms with Crippen LogP contribution in [-0.2, 0) is 9.31 Å². The van der Waals surface area contributed by atoms with E-state index in [9.17, 15) is 10.2 Å². The molecule has 0 atom stereocenters. The molecule has 1 saturated heterocycles. The van der Waals surface area contributed by atoms with Gasteiger partial charge in [-0.1, -0.05) is 0 Å². The lowest BCUT2D eigenvalue weighted by Crippen LogP contribution is -2.41. The molecule has 0 bridgehead atoms. The quantitative estimate of drug-likeness (QED) is 0.300. The van der Waals surface area contributed by atoms with Crippen molar-refractivity contribution in [3.63, 3.8) is 0 Å². The lowest BCUT2D eigenvalue weighted by atomic mass is 9.77. The Hall–Kier alpha value is -1.40. The molecule has 0 aliphatic carbocycles. The van der Waals surface area contributed by atoms with Gasteiger partial charge in [-0.3, -0.25) is 0 Å². The number of aromatic hydroxyl groups is 2. The van der Waals surface area contributed by atoms with Gasteiger partial charge in [0.1, 0.15) is 11.5 Å². The minimum Gasteiger partial charge on any atom is -0.508 e. The number of nitrogens with two attached hydrogens (primary N) is 1. The molecule has 1 aliphatic rings. The van der Waals surface area contributed by atoms with Gasteiger partial charge in [-0.15, -0.1) is 0 Å². The van der Waals surface area contributed by atoms with Crippen LogP contribution in [0.1, 0.15) is 27.7 Å². The highest BCUT2D eigenvalue weighted by molar-refractivity contribution is 6.64. The molecule has 0 spiro atoms. The maximum Gasteiger partial charge on any atom is 0.502 e. The van der Waals surface area contributed by atoms with Crippen LogP contribution in [0, 0.1) is 0 Å². The van der Waals surface area contributed by atoms with E-state index in [1.54, 1.807) is 0 Å². The van der Waals surface area contributed by atoms with E-state index in [0.717, 1.165) is 0 Å². The first kappa shape index (κ1) is 13.0. The summed E-state index contributed by atoms with van der Waals surface area (Å²) in [4.78, 5) is 0. The number of hydrogen-bond donors (Lipinski definition) is 3. The van der Waals surface area contributed by atoms with Gasteiger partial charge in [-0.2, -0.15) is 0 Å². The number of nitrogen functional groups attached to an aromatic ring is 1. The summed E-state index contributed by atoms with van der Waals surface area (Å²) in [5.41, 5.74) is 4.89. The first-order valence-electron chi connectivity index (χ1n) is 5.81. The Morgan fingerprint density at radius 2 is 1.56 bits per heavy atom. The molecule has 0 unspecified atom stereocenters. The van der Waals surface area contributed by atoms with Crippen LogP contribution in [-0.4, -0.2) is 28.5 Å². The molecule has 2 rings (SSSR count). The van der Waals surface area contributed by atoms with Gasteiger partial charge < -0.3 is 25.3 Å². The number of phenolic OH excluding ortho intramolecular Hbond substituents is 2. The van der Waals surface area contributed by atoms with Gasteiger partial charge in [0, 0.05) is 0 Å². The molecule has 1 aromatic carbocycles. The van der Waals surface area contributed by atoms with E-state index in [2.05, 4.69) is 0 Å². The second-order valence-electron chi connectivity index (χ2n) is 5.52. The molecular weight excluding hydrogens is 233 g/mol. The van der Waals surface area contributed by atoms with Crippen LogP contribution < -0.4 is 11.2 Å². The fourth-order valence-corrected chi connectivity index (χ4v) is 1.81. The molecule has 18 heavy (non-hydrogen) atoms. The van der Waals surface area contributed by atoms with Crippen molar-refractivity contribution in [3.8, 4) is 11.5 Å². The molecule has 1 fully saturated rings. The molecule has 4 N–H and O–H groups in total. The zero-order chi connectivity index (χ0) is 13.7. The van der Waals surface area contributed by atoms with Crippen molar-refractivity contribution in [3.05, 3.63) is 12.1 Å². The summed E-state index contributed by atoms with van der Waals surface area (Å²) in [6, 6.07) is 2.84. The van der Waals surface area contributed by atoms with Gasteiger partial charge in [-0.25, -0.2) is 0 Å². The molecule has 0 saturated carbocycles. The topological polar surface area (TPSA) is 84.9 Å². The summed E-state index contributed by atoms with van der Waals surface area (Å²) in [5, 5.41) is 19.8. The summed E-state index contributed by atoms with van der Waals surface area (Å²) >= 11 is 0. The minimum atomic E-state index is -0.835. The zero-order valence-electron chi connectivity index (χ0n) is 11.0. The maximum atomic E-state index is 9.93. The van der Waals surface area contributed by atoms with E-state index in [1.165, 1.54) is 12.1 Å². The van der Waals surface area contributed by atoms with Gasteiger partial charge in [0.05, 0.1) is 22.4 Å². The first-order chi connectivity index (χ1) is 8.16. The molecule has 1 aromatic rings. The van der Waals surface area contributed by atoms with Crippen LogP contribution in [0.15, 0.2) is 12.1 Å². The van der Waals surface area contributed by atoms with Crippen LogP contribution in [0.3, 0.4) is 0 Å². The Labute approximate surface area is 107 Å². The molecule has 98 valence electrons. The molecule has 0 radical (unpaired) electrons. The molecular formula is C12H18BNO4. The van der Waals surface area contributed by atoms with Crippen molar-refractivity contribution < 1.29 is 19.5 Å². The summed E-state index contributed by atoms with van der Waals surface area (Å²) in [5.74, 6) is -0.297. The highest BCUT2D eigenvalue weighted by Crippen LogP contribution is 2.38. The fourth-order valence-electron chi connectivity index (χ4n) is 1.81. The minimum absolute atomic E-state index is 0.0970. The van der Waals surface area contributed by atoms with Crippen LogP contribution in [0.25, 0.3) is 0 Å². The van der Waals surface area contributed by atoms with Crippen molar-refractivity contribution in [1.29, 1.82) is 0 Å². The molecule has 1 aliphatic heterocycles. The second kappa shape index (κ2) is 3.80. The number of phenols is 2. The summed E-state index contributed by atoms with van der Waals surface area (Å²) in [6.07, 6.45) is 0. The lowest BCUT2D eigenvalue weighted by Gasteiger charge is -2.32. The Balaban J connectivity index is 2.44. The highest BCUT2D eigenvalue weighted by Gasteiger charge is 2.53. The smallest absolute Gasteiger partial charge is 0.502 e. The Morgan fingerprint density at radius 3 is 2.06 bits per heavy atom. The highest BCUT2D eigenvalue weighted by atomic mass is 16.7. The van der Waals surface area contributed by atoms with E-state index in [4.69, 9.17) is 15.0 Å². The van der Waals surface area contributed by atoms with Crippen molar-refractivity contribution in [2.45, 2.75) is 38.9 Å². The molecule has 5 nitrogen and oxygen atoms in total. The number of anilines is 1. The SMILES string of the molecule is CC1(C)OB(c2c(O)ccc(N)c2O)OC1(C)C. The van der Waals surface area contributed by atoms with E-state index < -0.39 is 18.3 Å². The normalized spacial score (nSPS) is 21.2. The van der Waals surface area contributed by atoms with Crippen LogP contribution in [0.4, 0.5) is 5.69 Å². The summed E-state index contributed by atoms with van der Waals surface area (Å²) in [7, 11) is -0.835. The van der Waals surface area contributed by atoms with Gasteiger partial charge in [0.15, 0.2) is 0 Å². The van der Waals surface area contributed by atoms with Gasteiger partial charge in [0.25, 0.3) is 0 Å². The largest absolute Gasteiger partial charge is 0.508 e.